The third-order valence-corrected chi connectivity index (χ3v) is 2.67. The maximum Gasteiger partial charge on any atom is 0.253 e. The summed E-state index contributed by atoms with van der Waals surface area (Å²) >= 11 is 0. The van der Waals surface area contributed by atoms with Gasteiger partial charge in [0.1, 0.15) is 0 Å². The van der Waals surface area contributed by atoms with Gasteiger partial charge in [0.2, 0.25) is 0 Å². The number of benzene rings is 1. The van der Waals surface area contributed by atoms with Crippen molar-refractivity contribution in [1.82, 2.24) is 4.90 Å². The molecule has 2 rings (SSSR count). The van der Waals surface area contributed by atoms with Crippen LogP contribution in [0, 0.1) is 0 Å². The lowest BCUT2D eigenvalue weighted by molar-refractivity contribution is 0.0741. The number of nitrogens with zero attached hydrogens (tertiary/aromatic N) is 1. The molecule has 0 aliphatic carbocycles. The highest BCUT2D eigenvalue weighted by molar-refractivity contribution is 5.94. The second kappa shape index (κ2) is 4.99. The van der Waals surface area contributed by atoms with E-state index >= 15 is 0 Å². The summed E-state index contributed by atoms with van der Waals surface area (Å²) in [6, 6.07) is 7.04. The van der Waals surface area contributed by atoms with Crippen LogP contribution in [0.1, 0.15) is 16.8 Å². The summed E-state index contributed by atoms with van der Waals surface area (Å²) in [7, 11) is 0. The molecule has 4 heteroatoms. The number of hydrogen-bond acceptors (Lipinski definition) is 3. The van der Waals surface area contributed by atoms with Gasteiger partial charge >= 0.3 is 0 Å². The van der Waals surface area contributed by atoms with Crippen LogP contribution >= 0.6 is 0 Å². The maximum atomic E-state index is 12.1. The Morgan fingerprint density at radius 1 is 1.19 bits per heavy atom. The predicted octanol–water partition coefficient (Wildman–Crippen LogP) is 1.13. The molecule has 0 atom stereocenters. The fourth-order valence-corrected chi connectivity index (χ4v) is 1.76. The molecule has 4 nitrogen and oxygen atoms in total. The van der Waals surface area contributed by atoms with E-state index in [1.165, 1.54) is 0 Å². The fraction of sp³-hybridized carbons (Fsp3) is 0.417. The highest BCUT2D eigenvalue weighted by atomic mass is 16.5. The predicted molar refractivity (Wildman–Crippen MR) is 62.2 cm³/mol. The summed E-state index contributed by atoms with van der Waals surface area (Å²) in [5.41, 5.74) is 6.95. The third-order valence-electron chi connectivity index (χ3n) is 2.67. The quantitative estimate of drug-likeness (QED) is 0.722. The van der Waals surface area contributed by atoms with Gasteiger partial charge in [-0.1, -0.05) is 0 Å². The van der Waals surface area contributed by atoms with Gasteiger partial charge in [-0.05, 0) is 30.7 Å². The zero-order chi connectivity index (χ0) is 11.4. The molecule has 0 aromatic heterocycles. The van der Waals surface area contributed by atoms with E-state index in [1.807, 2.05) is 4.90 Å². The third kappa shape index (κ3) is 2.52. The minimum Gasteiger partial charge on any atom is -0.399 e. The van der Waals surface area contributed by atoms with Gasteiger partial charge in [-0.15, -0.1) is 0 Å². The SMILES string of the molecule is Nc1ccc(C(=O)N2CCCOCC2)cc1. The molecule has 0 radical (unpaired) electrons. The number of carbonyl (C=O) groups is 1. The van der Waals surface area contributed by atoms with Crippen molar-refractivity contribution in [3.8, 4) is 0 Å². The molecule has 1 heterocycles. The van der Waals surface area contributed by atoms with Crippen molar-refractivity contribution in [1.29, 1.82) is 0 Å². The molecule has 1 amide bonds. The van der Waals surface area contributed by atoms with Crippen LogP contribution in [0.4, 0.5) is 5.69 Å². The van der Waals surface area contributed by atoms with Gasteiger partial charge in [0.25, 0.3) is 5.91 Å². The van der Waals surface area contributed by atoms with Crippen LogP contribution in [-0.4, -0.2) is 37.1 Å². The zero-order valence-corrected chi connectivity index (χ0v) is 9.19. The Bertz CT molecular complexity index is 354. The van der Waals surface area contributed by atoms with E-state index in [0.29, 0.717) is 24.4 Å². The molecule has 1 aromatic carbocycles. The van der Waals surface area contributed by atoms with Crippen LogP contribution in [0.15, 0.2) is 24.3 Å². The van der Waals surface area contributed by atoms with E-state index < -0.39 is 0 Å². The average Bonchev–Trinajstić information content (AvgIpc) is 2.57. The molecule has 86 valence electrons. The summed E-state index contributed by atoms with van der Waals surface area (Å²) in [5, 5.41) is 0. The molecule has 0 bridgehead atoms. The van der Waals surface area contributed by atoms with Crippen LogP contribution in [0.5, 0.6) is 0 Å². The average molecular weight is 220 g/mol. The number of carbonyl (C=O) groups excluding carboxylic acids is 1. The van der Waals surface area contributed by atoms with Gasteiger partial charge in [0, 0.05) is 30.9 Å². The van der Waals surface area contributed by atoms with Crippen molar-refractivity contribution >= 4 is 11.6 Å². The van der Waals surface area contributed by atoms with Crippen molar-refractivity contribution in [2.24, 2.45) is 0 Å². The molecule has 0 saturated carbocycles. The van der Waals surface area contributed by atoms with Crippen molar-refractivity contribution < 1.29 is 9.53 Å². The highest BCUT2D eigenvalue weighted by Gasteiger charge is 2.16. The molecule has 0 spiro atoms. The van der Waals surface area contributed by atoms with Crippen LogP contribution in [-0.2, 0) is 4.74 Å². The van der Waals surface area contributed by atoms with Crippen molar-refractivity contribution in [2.45, 2.75) is 6.42 Å². The van der Waals surface area contributed by atoms with E-state index in [9.17, 15) is 4.79 Å². The first-order chi connectivity index (χ1) is 7.77. The number of amides is 1. The Labute approximate surface area is 95.0 Å². The number of nitrogens with two attached hydrogens (primary N) is 1. The molecule has 2 N–H and O–H groups in total. The molecular formula is C12H16N2O2. The Morgan fingerprint density at radius 2 is 1.94 bits per heavy atom. The number of anilines is 1. The molecule has 16 heavy (non-hydrogen) atoms. The zero-order valence-electron chi connectivity index (χ0n) is 9.19. The van der Waals surface area contributed by atoms with Gasteiger partial charge in [-0.3, -0.25) is 4.79 Å². The Balaban J connectivity index is 2.08. The first kappa shape index (κ1) is 11.0. The second-order valence-corrected chi connectivity index (χ2v) is 3.88. The number of ether oxygens (including phenoxy) is 1. The van der Waals surface area contributed by atoms with E-state index in [-0.39, 0.29) is 5.91 Å². The summed E-state index contributed by atoms with van der Waals surface area (Å²) in [6.07, 6.45) is 0.903. The lowest BCUT2D eigenvalue weighted by Gasteiger charge is -2.19. The normalized spacial score (nSPS) is 16.9. The first-order valence-electron chi connectivity index (χ1n) is 5.50. The molecular weight excluding hydrogens is 204 g/mol. The molecule has 1 aliphatic rings. The molecule has 1 fully saturated rings. The van der Waals surface area contributed by atoms with Crippen LogP contribution < -0.4 is 5.73 Å². The monoisotopic (exact) mass is 220 g/mol. The highest BCUT2D eigenvalue weighted by Crippen LogP contribution is 2.10. The summed E-state index contributed by atoms with van der Waals surface area (Å²) in [4.78, 5) is 13.9. The topological polar surface area (TPSA) is 55.6 Å². The summed E-state index contributed by atoms with van der Waals surface area (Å²) < 4.78 is 5.32. The van der Waals surface area contributed by atoms with Crippen LogP contribution in [0.3, 0.4) is 0 Å². The van der Waals surface area contributed by atoms with E-state index in [0.717, 1.165) is 19.6 Å². The van der Waals surface area contributed by atoms with Crippen LogP contribution in [0.25, 0.3) is 0 Å². The maximum absolute atomic E-state index is 12.1. The minimum atomic E-state index is 0.0606. The Morgan fingerprint density at radius 3 is 2.69 bits per heavy atom. The largest absolute Gasteiger partial charge is 0.399 e. The number of nitrogen functional groups attached to an aromatic ring is 1. The molecule has 0 unspecified atom stereocenters. The number of rotatable bonds is 1. The van der Waals surface area contributed by atoms with Crippen LogP contribution in [0.2, 0.25) is 0 Å². The lowest BCUT2D eigenvalue weighted by Crippen LogP contribution is -2.33. The Hall–Kier alpha value is -1.55. The minimum absolute atomic E-state index is 0.0606. The van der Waals surface area contributed by atoms with Gasteiger partial charge < -0.3 is 15.4 Å². The molecule has 1 aromatic rings. The fourth-order valence-electron chi connectivity index (χ4n) is 1.76. The van der Waals surface area contributed by atoms with Crippen molar-refractivity contribution in [3.63, 3.8) is 0 Å². The van der Waals surface area contributed by atoms with Gasteiger partial charge in [-0.25, -0.2) is 0 Å². The standard InChI is InChI=1S/C12H16N2O2/c13-11-4-2-10(3-5-11)12(15)14-6-1-8-16-9-7-14/h2-5H,1,6-9,13H2. The van der Waals surface area contributed by atoms with E-state index in [4.69, 9.17) is 10.5 Å². The summed E-state index contributed by atoms with van der Waals surface area (Å²) in [6.45, 7) is 2.80. The van der Waals surface area contributed by atoms with E-state index in [2.05, 4.69) is 0 Å². The summed E-state index contributed by atoms with van der Waals surface area (Å²) in [5.74, 6) is 0.0606. The van der Waals surface area contributed by atoms with E-state index in [1.54, 1.807) is 24.3 Å². The van der Waals surface area contributed by atoms with Gasteiger partial charge in [0.05, 0.1) is 6.61 Å². The van der Waals surface area contributed by atoms with Gasteiger partial charge in [-0.2, -0.15) is 0 Å². The lowest BCUT2D eigenvalue weighted by atomic mass is 10.2. The molecule has 1 saturated heterocycles. The Kier molecular flexibility index (Phi) is 3.41. The van der Waals surface area contributed by atoms with Gasteiger partial charge in [0.15, 0.2) is 0 Å². The smallest absolute Gasteiger partial charge is 0.253 e. The number of hydrogen-bond donors (Lipinski definition) is 1. The second-order valence-electron chi connectivity index (χ2n) is 3.88. The first-order valence-corrected chi connectivity index (χ1v) is 5.50. The molecule has 1 aliphatic heterocycles. The van der Waals surface area contributed by atoms with Crippen molar-refractivity contribution in [3.05, 3.63) is 29.8 Å². The van der Waals surface area contributed by atoms with Crippen molar-refractivity contribution in [2.75, 3.05) is 32.0 Å².